The molecule has 2 aromatic carbocycles. The van der Waals surface area contributed by atoms with Gasteiger partial charge in [0.15, 0.2) is 0 Å². The van der Waals surface area contributed by atoms with E-state index in [2.05, 4.69) is 14.8 Å². The summed E-state index contributed by atoms with van der Waals surface area (Å²) in [7, 11) is 1.79. The van der Waals surface area contributed by atoms with Crippen LogP contribution in [0, 0.1) is 0 Å². The van der Waals surface area contributed by atoms with Crippen LogP contribution in [-0.2, 0) is 13.6 Å². The molecular weight excluding hydrogens is 482 g/mol. The van der Waals surface area contributed by atoms with E-state index in [4.69, 9.17) is 4.74 Å². The fourth-order valence-electron chi connectivity index (χ4n) is 3.99. The topological polar surface area (TPSA) is 72.7 Å². The van der Waals surface area contributed by atoms with E-state index < -0.39 is 25.7 Å². The molecule has 0 saturated heterocycles. The lowest BCUT2D eigenvalue weighted by molar-refractivity contribution is -0.0498. The Balaban J connectivity index is 1.56. The van der Waals surface area contributed by atoms with Crippen LogP contribution < -0.4 is 19.3 Å². The lowest BCUT2D eigenvalue weighted by Gasteiger charge is -2.36. The van der Waals surface area contributed by atoms with E-state index in [-0.39, 0.29) is 18.0 Å². The molecule has 0 saturated carbocycles. The maximum Gasteiger partial charge on any atom is 0.387 e. The fourth-order valence-corrected chi connectivity index (χ4v) is 3.99. The van der Waals surface area contributed by atoms with Gasteiger partial charge < -0.3 is 9.47 Å². The molecule has 8 nitrogen and oxygen atoms in total. The van der Waals surface area contributed by atoms with E-state index in [1.165, 1.54) is 46.3 Å². The lowest BCUT2D eigenvalue weighted by Crippen LogP contribution is -2.45. The zero-order valence-electron chi connectivity index (χ0n) is 18.8. The number of aromatic nitrogens is 3. The third-order valence-corrected chi connectivity index (χ3v) is 5.50. The molecule has 2 aromatic heterocycles. The molecule has 0 atom stereocenters. The number of urea groups is 1. The summed E-state index contributed by atoms with van der Waals surface area (Å²) in [6.07, 6.45) is 0.460. The maximum absolute atomic E-state index is 13.8. The standard InChI is InChI=1S/C24H19F4N5O3/c1-31-11-14-8-16(4-7-19(14)30-31)32-12-20-21(9-18(10-29-20)35-13-22(25)26)33(24(32)34)15-2-5-17(6-3-15)36-23(27)28/h2-11,22-23H,12-13H2,1H3. The molecule has 36 heavy (non-hydrogen) atoms. The van der Waals surface area contributed by atoms with E-state index >= 15 is 0 Å². The minimum absolute atomic E-state index is 0.0646. The number of alkyl halides is 4. The number of halogens is 4. The van der Waals surface area contributed by atoms with Crippen molar-refractivity contribution in [1.82, 2.24) is 14.8 Å². The molecule has 12 heteroatoms. The molecule has 1 aliphatic rings. The average Bonchev–Trinajstić information content (AvgIpc) is 3.22. The molecule has 0 unspecified atom stereocenters. The van der Waals surface area contributed by atoms with Crippen molar-refractivity contribution in [3.63, 3.8) is 0 Å². The number of ether oxygens (including phenoxy) is 2. The van der Waals surface area contributed by atoms with Crippen LogP contribution in [-0.4, -0.2) is 40.4 Å². The second-order valence-electron chi connectivity index (χ2n) is 7.96. The Morgan fingerprint density at radius 3 is 2.47 bits per heavy atom. The maximum atomic E-state index is 13.8. The van der Waals surface area contributed by atoms with Crippen LogP contribution in [0.25, 0.3) is 10.9 Å². The van der Waals surface area contributed by atoms with Gasteiger partial charge in [-0.1, -0.05) is 0 Å². The number of fused-ring (bicyclic) bond motifs is 2. The van der Waals surface area contributed by atoms with Crippen molar-refractivity contribution in [1.29, 1.82) is 0 Å². The van der Waals surface area contributed by atoms with Gasteiger partial charge in [-0.3, -0.25) is 19.5 Å². The first-order valence-electron chi connectivity index (χ1n) is 10.8. The number of rotatable bonds is 7. The highest BCUT2D eigenvalue weighted by Crippen LogP contribution is 2.39. The smallest absolute Gasteiger partial charge is 0.387 e. The molecule has 0 fully saturated rings. The zero-order valence-corrected chi connectivity index (χ0v) is 18.8. The van der Waals surface area contributed by atoms with Crippen molar-refractivity contribution < 1.29 is 31.8 Å². The van der Waals surface area contributed by atoms with Crippen molar-refractivity contribution in [3.8, 4) is 11.5 Å². The number of nitrogens with zero attached hydrogens (tertiary/aromatic N) is 5. The van der Waals surface area contributed by atoms with Gasteiger partial charge in [0.05, 0.1) is 35.3 Å². The highest BCUT2D eigenvalue weighted by molar-refractivity contribution is 6.11. The number of carbonyl (C=O) groups excluding carboxylic acids is 1. The number of hydrogen-bond acceptors (Lipinski definition) is 5. The second kappa shape index (κ2) is 9.36. The van der Waals surface area contributed by atoms with Crippen LogP contribution in [0.15, 0.2) is 60.9 Å². The van der Waals surface area contributed by atoms with Gasteiger partial charge in [0, 0.05) is 30.4 Å². The predicted octanol–water partition coefficient (Wildman–Crippen LogP) is 5.49. The predicted molar refractivity (Wildman–Crippen MR) is 123 cm³/mol. The highest BCUT2D eigenvalue weighted by atomic mass is 19.3. The summed E-state index contributed by atoms with van der Waals surface area (Å²) >= 11 is 0. The summed E-state index contributed by atoms with van der Waals surface area (Å²) in [6.45, 7) is -3.71. The second-order valence-corrected chi connectivity index (χ2v) is 7.96. The summed E-state index contributed by atoms with van der Waals surface area (Å²) in [4.78, 5) is 20.9. The van der Waals surface area contributed by atoms with E-state index in [0.29, 0.717) is 22.8 Å². The summed E-state index contributed by atoms with van der Waals surface area (Å²) in [5.74, 6) is -0.0146. The van der Waals surface area contributed by atoms with Crippen LogP contribution in [0.4, 0.5) is 39.4 Å². The van der Waals surface area contributed by atoms with Crippen molar-refractivity contribution >= 4 is 34.0 Å². The van der Waals surface area contributed by atoms with Gasteiger partial charge in [0.2, 0.25) is 0 Å². The molecule has 0 radical (unpaired) electrons. The number of pyridine rings is 1. The van der Waals surface area contributed by atoms with E-state index in [9.17, 15) is 22.4 Å². The van der Waals surface area contributed by atoms with Crippen LogP contribution in [0.1, 0.15) is 5.69 Å². The van der Waals surface area contributed by atoms with Crippen molar-refractivity contribution in [3.05, 3.63) is 66.6 Å². The normalized spacial score (nSPS) is 13.6. The molecule has 0 aliphatic carbocycles. The molecule has 186 valence electrons. The van der Waals surface area contributed by atoms with Gasteiger partial charge in [-0.15, -0.1) is 0 Å². The summed E-state index contributed by atoms with van der Waals surface area (Å²) in [5, 5.41) is 5.17. The molecule has 0 bridgehead atoms. The number of anilines is 3. The molecular formula is C24H19F4N5O3. The molecule has 2 amide bonds. The number of aryl methyl sites for hydroxylation is 1. The van der Waals surface area contributed by atoms with Gasteiger partial charge in [0.1, 0.15) is 18.1 Å². The first-order valence-corrected chi connectivity index (χ1v) is 10.8. The third-order valence-electron chi connectivity index (χ3n) is 5.50. The number of carbonyl (C=O) groups is 1. The first-order chi connectivity index (χ1) is 17.3. The van der Waals surface area contributed by atoms with E-state index in [0.717, 1.165) is 10.9 Å². The largest absolute Gasteiger partial charge is 0.486 e. The van der Waals surface area contributed by atoms with Crippen LogP contribution >= 0.6 is 0 Å². The Kier molecular flexibility index (Phi) is 6.08. The summed E-state index contributed by atoms with van der Waals surface area (Å²) in [5.41, 5.74) is 2.50. The summed E-state index contributed by atoms with van der Waals surface area (Å²) < 4.78 is 61.6. The molecule has 5 rings (SSSR count). The van der Waals surface area contributed by atoms with Crippen molar-refractivity contribution in [2.24, 2.45) is 7.05 Å². The van der Waals surface area contributed by atoms with Gasteiger partial charge in [-0.05, 0) is 42.5 Å². The molecule has 1 aliphatic heterocycles. The number of amides is 2. The Morgan fingerprint density at radius 2 is 1.75 bits per heavy atom. The quantitative estimate of drug-likeness (QED) is 0.313. The molecule has 3 heterocycles. The van der Waals surface area contributed by atoms with Gasteiger partial charge in [0.25, 0.3) is 6.43 Å². The van der Waals surface area contributed by atoms with Crippen molar-refractivity contribution in [2.75, 3.05) is 16.4 Å². The Hall–Kier alpha value is -4.35. The average molecular weight is 501 g/mol. The highest BCUT2D eigenvalue weighted by Gasteiger charge is 2.34. The van der Waals surface area contributed by atoms with Gasteiger partial charge >= 0.3 is 12.6 Å². The molecule has 4 aromatic rings. The Morgan fingerprint density at radius 1 is 1.00 bits per heavy atom. The van der Waals surface area contributed by atoms with Crippen LogP contribution in [0.5, 0.6) is 11.5 Å². The van der Waals surface area contributed by atoms with Gasteiger partial charge in [-0.2, -0.15) is 13.9 Å². The monoisotopic (exact) mass is 501 g/mol. The minimum atomic E-state index is -3.00. The fraction of sp³-hybridized carbons (Fsp3) is 0.208. The first kappa shape index (κ1) is 23.4. The molecule has 0 N–H and O–H groups in total. The Bertz CT molecular complexity index is 1410. The van der Waals surface area contributed by atoms with Crippen LogP contribution in [0.2, 0.25) is 0 Å². The molecule has 0 spiro atoms. The van der Waals surface area contributed by atoms with Crippen LogP contribution in [0.3, 0.4) is 0 Å². The number of hydrogen-bond donors (Lipinski definition) is 0. The van der Waals surface area contributed by atoms with Gasteiger partial charge in [-0.25, -0.2) is 13.6 Å². The third kappa shape index (κ3) is 4.61. The van der Waals surface area contributed by atoms with E-state index in [1.54, 1.807) is 23.9 Å². The van der Waals surface area contributed by atoms with E-state index in [1.807, 2.05) is 12.3 Å². The number of benzene rings is 2. The Labute approximate surface area is 202 Å². The van der Waals surface area contributed by atoms with Crippen molar-refractivity contribution in [2.45, 2.75) is 19.6 Å². The summed E-state index contributed by atoms with van der Waals surface area (Å²) in [6, 6.07) is 11.9. The SMILES string of the molecule is Cn1cc2cc(N3Cc4ncc(OCC(F)F)cc4N(c4ccc(OC(F)F)cc4)C3=O)ccc2n1. The minimum Gasteiger partial charge on any atom is -0.486 e. The lowest BCUT2D eigenvalue weighted by atomic mass is 10.1. The zero-order chi connectivity index (χ0) is 25.4.